The summed E-state index contributed by atoms with van der Waals surface area (Å²) in [5.41, 5.74) is 15.2. The highest BCUT2D eigenvalue weighted by Crippen LogP contribution is 2.43. The molecule has 31 heavy (non-hydrogen) atoms. The second kappa shape index (κ2) is 8.42. The average Bonchev–Trinajstić information content (AvgIpc) is 2.77. The Balaban J connectivity index is 1.88. The predicted molar refractivity (Wildman–Crippen MR) is 126 cm³/mol. The Hall–Kier alpha value is -3.34. The third-order valence-corrected chi connectivity index (χ3v) is 6.04. The van der Waals surface area contributed by atoms with E-state index in [-0.39, 0.29) is 5.41 Å². The third kappa shape index (κ3) is 4.26. The van der Waals surface area contributed by atoms with Gasteiger partial charge in [-0.2, -0.15) is 0 Å². The van der Waals surface area contributed by atoms with Crippen molar-refractivity contribution in [1.82, 2.24) is 0 Å². The molecule has 4 heteroatoms. The summed E-state index contributed by atoms with van der Waals surface area (Å²) in [6.07, 6.45) is 7.59. The molecule has 0 saturated carbocycles. The molecule has 3 N–H and O–H groups in total. The molecule has 3 aromatic carbocycles. The molecule has 1 aliphatic carbocycles. The number of allylic oxidation sites excluding steroid dienone is 4. The maximum Gasteiger partial charge on any atom is 0.168 e. The summed E-state index contributed by atoms with van der Waals surface area (Å²) in [6, 6.07) is 20.2. The van der Waals surface area contributed by atoms with Gasteiger partial charge < -0.3 is 10.6 Å². The number of hydrogen-bond acceptors (Lipinski definition) is 4. The Morgan fingerprint density at radius 3 is 2.19 bits per heavy atom. The molecule has 0 aliphatic heterocycles. The van der Waals surface area contributed by atoms with Crippen molar-refractivity contribution in [1.29, 1.82) is 0 Å². The molecule has 1 aliphatic rings. The summed E-state index contributed by atoms with van der Waals surface area (Å²) in [7, 11) is 0. The molecule has 0 fully saturated rings. The second-order valence-electron chi connectivity index (χ2n) is 8.44. The molecule has 158 valence electrons. The predicted octanol–water partition coefficient (Wildman–Crippen LogP) is 6.86. The average molecular weight is 414 g/mol. The van der Waals surface area contributed by atoms with Gasteiger partial charge in [0, 0.05) is 16.7 Å². The van der Waals surface area contributed by atoms with Crippen LogP contribution in [0.25, 0.3) is 22.3 Å². The normalized spacial score (nSPS) is 18.0. The topological polar surface area (TPSA) is 64.7 Å². The fraction of sp³-hybridized carbons (Fsp3) is 0.185. The number of rotatable bonds is 5. The largest absolute Gasteiger partial charge is 0.398 e. The van der Waals surface area contributed by atoms with E-state index < -0.39 is 0 Å². The minimum absolute atomic E-state index is 0.188. The SMILES string of the molecule is CC1=CCC(C)(c2cc(-c3ccc(C)cc3)cc(-c3ccc(OOO)cc3)c2N)C=C1. The zero-order valence-corrected chi connectivity index (χ0v) is 18.1. The van der Waals surface area contributed by atoms with Crippen LogP contribution < -0.4 is 10.6 Å². The van der Waals surface area contributed by atoms with Gasteiger partial charge in [-0.15, -0.1) is 0 Å². The summed E-state index contributed by atoms with van der Waals surface area (Å²) < 4.78 is 0. The van der Waals surface area contributed by atoms with Gasteiger partial charge in [-0.3, -0.25) is 0 Å². The number of nitrogen functional groups attached to an aromatic ring is 1. The lowest BCUT2D eigenvalue weighted by atomic mass is 9.73. The Morgan fingerprint density at radius 2 is 1.58 bits per heavy atom. The molecule has 0 spiro atoms. The number of aryl methyl sites for hydroxylation is 1. The summed E-state index contributed by atoms with van der Waals surface area (Å²) in [6.45, 7) is 6.44. The van der Waals surface area contributed by atoms with Gasteiger partial charge >= 0.3 is 0 Å². The monoisotopic (exact) mass is 413 g/mol. The Kier molecular flexibility index (Phi) is 5.68. The highest BCUT2D eigenvalue weighted by atomic mass is 17.5. The third-order valence-electron chi connectivity index (χ3n) is 6.04. The summed E-state index contributed by atoms with van der Waals surface area (Å²) in [5, 5.41) is 12.3. The number of hydrogen-bond donors (Lipinski definition) is 2. The molecule has 0 bridgehead atoms. The van der Waals surface area contributed by atoms with E-state index in [4.69, 9.17) is 11.0 Å². The van der Waals surface area contributed by atoms with Crippen LogP contribution in [0.3, 0.4) is 0 Å². The van der Waals surface area contributed by atoms with Crippen LogP contribution in [0, 0.1) is 6.92 Å². The van der Waals surface area contributed by atoms with Crippen molar-refractivity contribution < 1.29 is 15.2 Å². The van der Waals surface area contributed by atoms with Crippen LogP contribution in [0.15, 0.2) is 84.5 Å². The number of anilines is 1. The van der Waals surface area contributed by atoms with Crippen molar-refractivity contribution in [3.05, 3.63) is 95.6 Å². The van der Waals surface area contributed by atoms with E-state index in [0.717, 1.165) is 39.9 Å². The van der Waals surface area contributed by atoms with Gasteiger partial charge in [0.15, 0.2) is 5.75 Å². The first-order chi connectivity index (χ1) is 14.9. The van der Waals surface area contributed by atoms with Crippen LogP contribution in [-0.2, 0) is 10.5 Å². The van der Waals surface area contributed by atoms with Crippen LogP contribution in [-0.4, -0.2) is 5.26 Å². The Morgan fingerprint density at radius 1 is 0.903 bits per heavy atom. The molecular formula is C27H27NO3. The lowest BCUT2D eigenvalue weighted by Crippen LogP contribution is -2.22. The van der Waals surface area contributed by atoms with E-state index >= 15 is 0 Å². The summed E-state index contributed by atoms with van der Waals surface area (Å²) in [5.74, 6) is 0.405. The van der Waals surface area contributed by atoms with Crippen molar-refractivity contribution in [3.63, 3.8) is 0 Å². The fourth-order valence-electron chi connectivity index (χ4n) is 4.03. The van der Waals surface area contributed by atoms with Crippen LogP contribution in [0.5, 0.6) is 5.75 Å². The minimum atomic E-state index is -0.188. The first-order valence-electron chi connectivity index (χ1n) is 10.4. The summed E-state index contributed by atoms with van der Waals surface area (Å²) in [4.78, 5) is 4.68. The lowest BCUT2D eigenvalue weighted by molar-refractivity contribution is -0.438. The Bertz CT molecular complexity index is 1140. The Labute approximate surface area is 183 Å². The molecule has 0 radical (unpaired) electrons. The van der Waals surface area contributed by atoms with Gasteiger partial charge in [0.05, 0.1) is 0 Å². The molecular weight excluding hydrogens is 386 g/mol. The molecule has 0 saturated heterocycles. The molecule has 0 heterocycles. The van der Waals surface area contributed by atoms with Gasteiger partial charge in [-0.1, -0.05) is 72.7 Å². The molecule has 1 unspecified atom stereocenters. The number of benzene rings is 3. The van der Waals surface area contributed by atoms with Crippen molar-refractivity contribution in [2.75, 3.05) is 5.73 Å². The van der Waals surface area contributed by atoms with E-state index in [0.29, 0.717) is 5.75 Å². The van der Waals surface area contributed by atoms with E-state index in [2.05, 4.69) is 85.3 Å². The standard InChI is InChI=1S/C27H27NO3/c1-18-4-6-20(7-5-18)22-16-24(21-8-10-23(11-9-21)30-31-29)26(28)25(17-22)27(3)14-12-19(2)13-15-27/h4-14,16-17,29H,15,28H2,1-3H3. The van der Waals surface area contributed by atoms with Crippen molar-refractivity contribution in [3.8, 4) is 28.0 Å². The van der Waals surface area contributed by atoms with E-state index in [1.165, 1.54) is 11.1 Å². The van der Waals surface area contributed by atoms with Crippen molar-refractivity contribution in [2.45, 2.75) is 32.6 Å². The molecule has 0 aromatic heterocycles. The van der Waals surface area contributed by atoms with Gasteiger partial charge in [-0.25, -0.2) is 5.26 Å². The van der Waals surface area contributed by atoms with Crippen LogP contribution >= 0.6 is 0 Å². The van der Waals surface area contributed by atoms with Gasteiger partial charge in [-0.05, 0) is 71.8 Å². The molecule has 4 nitrogen and oxygen atoms in total. The lowest BCUT2D eigenvalue weighted by Gasteiger charge is -2.31. The van der Waals surface area contributed by atoms with E-state index in [1.54, 1.807) is 12.1 Å². The number of nitrogens with two attached hydrogens (primary N) is 1. The fourth-order valence-corrected chi connectivity index (χ4v) is 4.03. The summed E-state index contributed by atoms with van der Waals surface area (Å²) >= 11 is 0. The molecule has 0 amide bonds. The highest BCUT2D eigenvalue weighted by molar-refractivity contribution is 5.85. The highest BCUT2D eigenvalue weighted by Gasteiger charge is 2.28. The second-order valence-corrected chi connectivity index (χ2v) is 8.44. The van der Waals surface area contributed by atoms with Crippen LogP contribution in [0.4, 0.5) is 5.69 Å². The quantitative estimate of drug-likeness (QED) is 0.272. The van der Waals surface area contributed by atoms with Gasteiger partial charge in [0.1, 0.15) is 0 Å². The molecule has 3 aromatic rings. The minimum Gasteiger partial charge on any atom is -0.398 e. The van der Waals surface area contributed by atoms with E-state index in [1.807, 2.05) is 12.1 Å². The van der Waals surface area contributed by atoms with Crippen LogP contribution in [0.1, 0.15) is 31.4 Å². The maximum absolute atomic E-state index is 8.51. The zero-order valence-electron chi connectivity index (χ0n) is 18.1. The zero-order chi connectivity index (χ0) is 22.0. The van der Waals surface area contributed by atoms with Crippen molar-refractivity contribution in [2.24, 2.45) is 0 Å². The first-order valence-corrected chi connectivity index (χ1v) is 10.4. The van der Waals surface area contributed by atoms with Crippen LogP contribution in [0.2, 0.25) is 0 Å². The van der Waals surface area contributed by atoms with Gasteiger partial charge in [0.25, 0.3) is 0 Å². The van der Waals surface area contributed by atoms with Gasteiger partial charge in [0.2, 0.25) is 0 Å². The first kappa shape index (κ1) is 20.9. The smallest absolute Gasteiger partial charge is 0.168 e. The molecule has 4 rings (SSSR count). The van der Waals surface area contributed by atoms with Crippen molar-refractivity contribution >= 4 is 5.69 Å². The van der Waals surface area contributed by atoms with E-state index in [9.17, 15) is 0 Å². The molecule has 1 atom stereocenters. The maximum atomic E-state index is 8.51.